The first-order valence-corrected chi connectivity index (χ1v) is 12.9. The molecule has 1 aromatic carbocycles. The van der Waals surface area contributed by atoms with Crippen LogP contribution in [0.4, 0.5) is 16.3 Å². The van der Waals surface area contributed by atoms with Gasteiger partial charge in [0.05, 0.1) is 24.0 Å². The van der Waals surface area contributed by atoms with Gasteiger partial charge in [-0.1, -0.05) is 24.6 Å². The van der Waals surface area contributed by atoms with E-state index in [1.165, 1.54) is 25.7 Å². The van der Waals surface area contributed by atoms with E-state index in [-0.39, 0.29) is 23.7 Å². The Kier molecular flexibility index (Phi) is 5.87. The fourth-order valence-corrected chi connectivity index (χ4v) is 6.36. The van der Waals surface area contributed by atoms with Gasteiger partial charge >= 0.3 is 6.03 Å². The van der Waals surface area contributed by atoms with E-state index < -0.39 is 0 Å². The number of rotatable bonds is 4. The number of para-hydroxylation sites is 1. The number of hydrogen-bond acceptors (Lipinski definition) is 5. The number of fused-ring (bicyclic) bond motifs is 3. The van der Waals surface area contributed by atoms with Crippen molar-refractivity contribution in [2.24, 2.45) is 0 Å². The van der Waals surface area contributed by atoms with Gasteiger partial charge in [0.25, 0.3) is 5.56 Å². The summed E-state index contributed by atoms with van der Waals surface area (Å²) in [6, 6.07) is 9.52. The van der Waals surface area contributed by atoms with Crippen molar-refractivity contribution >= 4 is 17.5 Å². The van der Waals surface area contributed by atoms with Crippen LogP contribution in [0.3, 0.4) is 0 Å². The summed E-state index contributed by atoms with van der Waals surface area (Å²) in [7, 11) is 0. The maximum absolute atomic E-state index is 14.1. The van der Waals surface area contributed by atoms with Crippen LogP contribution >= 0.6 is 0 Å². The molecule has 5 heterocycles. The minimum Gasteiger partial charge on any atom is -0.315 e. The fraction of sp³-hybridized carbons (Fsp3) is 0.577. The summed E-state index contributed by atoms with van der Waals surface area (Å²) in [6.07, 6.45) is 9.43. The van der Waals surface area contributed by atoms with Crippen LogP contribution in [0.5, 0.6) is 0 Å². The Hall–Kier alpha value is -2.71. The number of urea groups is 1. The number of anilines is 2. The predicted molar refractivity (Wildman–Crippen MR) is 131 cm³/mol. The van der Waals surface area contributed by atoms with Crippen molar-refractivity contribution in [3.8, 4) is 0 Å². The molecule has 180 valence electrons. The third-order valence-corrected chi connectivity index (χ3v) is 8.02. The van der Waals surface area contributed by atoms with Crippen molar-refractivity contribution in [2.45, 2.75) is 63.7 Å². The van der Waals surface area contributed by atoms with Crippen molar-refractivity contribution in [1.82, 2.24) is 24.3 Å². The van der Waals surface area contributed by atoms with Gasteiger partial charge in [-0.05, 0) is 76.8 Å². The molecule has 0 aliphatic carbocycles. The number of carbonyl (C=O) groups excluding carboxylic acids is 1. The van der Waals surface area contributed by atoms with Gasteiger partial charge in [0.15, 0.2) is 5.82 Å². The fourth-order valence-electron chi connectivity index (χ4n) is 6.36. The zero-order chi connectivity index (χ0) is 23.1. The normalized spacial score (nSPS) is 25.9. The summed E-state index contributed by atoms with van der Waals surface area (Å²) in [6.45, 7) is 5.37. The van der Waals surface area contributed by atoms with Gasteiger partial charge < -0.3 is 4.90 Å². The highest BCUT2D eigenvalue weighted by Gasteiger charge is 2.47. The molecule has 0 N–H and O–H groups in total. The molecule has 2 atom stereocenters. The Morgan fingerprint density at radius 1 is 0.853 bits per heavy atom. The van der Waals surface area contributed by atoms with Crippen LogP contribution in [0.1, 0.15) is 56.6 Å². The quantitative estimate of drug-likeness (QED) is 0.695. The minimum absolute atomic E-state index is 0.00595. The lowest BCUT2D eigenvalue weighted by Crippen LogP contribution is -2.56. The maximum Gasteiger partial charge on any atom is 0.330 e. The summed E-state index contributed by atoms with van der Waals surface area (Å²) < 4.78 is 1.77. The first-order chi connectivity index (χ1) is 16.7. The van der Waals surface area contributed by atoms with Crippen LogP contribution in [-0.4, -0.2) is 69.0 Å². The molecule has 8 heteroatoms. The average Bonchev–Trinajstić information content (AvgIpc) is 3.53. The number of nitrogens with zero attached hydrogens (tertiary/aromatic N) is 6. The van der Waals surface area contributed by atoms with E-state index in [0.29, 0.717) is 24.6 Å². The lowest BCUT2D eigenvalue weighted by atomic mass is 9.93. The van der Waals surface area contributed by atoms with E-state index >= 15 is 0 Å². The minimum atomic E-state index is -0.242. The van der Waals surface area contributed by atoms with Crippen molar-refractivity contribution in [2.75, 3.05) is 37.6 Å². The largest absolute Gasteiger partial charge is 0.330 e. The van der Waals surface area contributed by atoms with Gasteiger partial charge in [-0.15, -0.1) is 0 Å². The SMILES string of the molecule is O=C1N(c2ccccc2)c2ncn(CN3CCCC3)c(=O)c2C2C(N3CCCC3)CCCCN12. The molecule has 8 nitrogen and oxygen atoms in total. The van der Waals surface area contributed by atoms with E-state index in [1.54, 1.807) is 15.8 Å². The third-order valence-electron chi connectivity index (χ3n) is 8.02. The van der Waals surface area contributed by atoms with Gasteiger partial charge in [0.1, 0.15) is 6.33 Å². The highest BCUT2D eigenvalue weighted by Crippen LogP contribution is 2.43. The molecule has 2 amide bonds. The third kappa shape index (κ3) is 3.73. The highest BCUT2D eigenvalue weighted by molar-refractivity contribution is 6.01. The molecule has 2 unspecified atom stereocenters. The molecule has 0 spiro atoms. The summed E-state index contributed by atoms with van der Waals surface area (Å²) in [5, 5.41) is 0. The smallest absolute Gasteiger partial charge is 0.315 e. The van der Waals surface area contributed by atoms with Crippen molar-refractivity contribution in [1.29, 1.82) is 0 Å². The van der Waals surface area contributed by atoms with E-state index in [9.17, 15) is 9.59 Å². The number of benzene rings is 1. The summed E-state index contributed by atoms with van der Waals surface area (Å²) in [4.78, 5) is 41.4. The first kappa shape index (κ1) is 21.8. The lowest BCUT2D eigenvalue weighted by Gasteiger charge is -2.45. The topological polar surface area (TPSA) is 64.9 Å². The second kappa shape index (κ2) is 9.15. The van der Waals surface area contributed by atoms with Crippen LogP contribution in [0.25, 0.3) is 0 Å². The Morgan fingerprint density at radius 2 is 1.56 bits per heavy atom. The molecule has 1 aromatic heterocycles. The number of hydrogen-bond donors (Lipinski definition) is 0. The monoisotopic (exact) mass is 462 g/mol. The molecule has 0 saturated carbocycles. The van der Waals surface area contributed by atoms with Crippen LogP contribution in [0.2, 0.25) is 0 Å². The van der Waals surface area contributed by atoms with E-state index in [2.05, 4.69) is 9.80 Å². The van der Waals surface area contributed by atoms with Gasteiger partial charge in [0, 0.05) is 12.6 Å². The molecule has 2 aromatic rings. The Bertz CT molecular complexity index is 1090. The lowest BCUT2D eigenvalue weighted by molar-refractivity contribution is 0.113. The van der Waals surface area contributed by atoms with E-state index in [1.807, 2.05) is 35.2 Å². The average molecular weight is 463 g/mol. The molecular formula is C26H34N6O2. The van der Waals surface area contributed by atoms with Crippen LogP contribution in [-0.2, 0) is 6.67 Å². The Morgan fingerprint density at radius 3 is 2.32 bits per heavy atom. The van der Waals surface area contributed by atoms with E-state index in [4.69, 9.17) is 4.98 Å². The standard InChI is InChI=1S/C26H34N6O2/c33-25-22-23-21(29-15-8-9-16-29)12-4-5-17-31(23)26(34)32(20-10-2-1-3-11-20)24(22)27-18-30(25)19-28-13-6-7-14-28/h1-3,10-11,18,21,23H,4-9,12-17,19H2. The van der Waals surface area contributed by atoms with Gasteiger partial charge in [0.2, 0.25) is 0 Å². The Labute approximate surface area is 200 Å². The Balaban J connectivity index is 1.51. The molecule has 0 radical (unpaired) electrons. The number of aromatic nitrogens is 2. The molecule has 3 fully saturated rings. The van der Waals surface area contributed by atoms with Crippen LogP contribution in [0.15, 0.2) is 41.5 Å². The molecular weight excluding hydrogens is 428 g/mol. The number of likely N-dealkylation sites (tertiary alicyclic amines) is 2. The highest BCUT2D eigenvalue weighted by atomic mass is 16.2. The van der Waals surface area contributed by atoms with Crippen molar-refractivity contribution < 1.29 is 4.79 Å². The van der Waals surface area contributed by atoms with Crippen molar-refractivity contribution in [3.63, 3.8) is 0 Å². The zero-order valence-corrected chi connectivity index (χ0v) is 19.8. The van der Waals surface area contributed by atoms with Crippen LogP contribution in [0, 0.1) is 0 Å². The zero-order valence-electron chi connectivity index (χ0n) is 19.8. The second-order valence-corrected chi connectivity index (χ2v) is 10.1. The number of amides is 2. The number of carbonyl (C=O) groups is 1. The molecule has 4 aliphatic rings. The molecule has 34 heavy (non-hydrogen) atoms. The summed E-state index contributed by atoms with van der Waals surface area (Å²) in [5.74, 6) is 0.520. The van der Waals surface area contributed by atoms with Gasteiger partial charge in [-0.3, -0.25) is 19.2 Å². The summed E-state index contributed by atoms with van der Waals surface area (Å²) >= 11 is 0. The van der Waals surface area contributed by atoms with Gasteiger partial charge in [-0.2, -0.15) is 0 Å². The molecule has 6 rings (SSSR count). The van der Waals surface area contributed by atoms with Gasteiger partial charge in [-0.25, -0.2) is 14.7 Å². The van der Waals surface area contributed by atoms with E-state index in [0.717, 1.165) is 51.1 Å². The van der Waals surface area contributed by atoms with Crippen LogP contribution < -0.4 is 10.5 Å². The molecule has 3 saturated heterocycles. The second-order valence-electron chi connectivity index (χ2n) is 10.1. The molecule has 4 aliphatic heterocycles. The summed E-state index contributed by atoms with van der Waals surface area (Å²) in [5.41, 5.74) is 1.47. The first-order valence-electron chi connectivity index (χ1n) is 12.9. The predicted octanol–water partition coefficient (Wildman–Crippen LogP) is 3.56. The molecule has 0 bridgehead atoms. The maximum atomic E-state index is 14.1. The van der Waals surface area contributed by atoms with Crippen molar-refractivity contribution in [3.05, 3.63) is 52.6 Å².